The topological polar surface area (TPSA) is 35.2 Å². The number of rotatable bonds is 7. The third kappa shape index (κ3) is 3.10. The van der Waals surface area contributed by atoms with Gasteiger partial charge in [-0.05, 0) is 17.9 Å². The maximum absolute atomic E-state index is 5.82. The van der Waals surface area contributed by atoms with Crippen LogP contribution in [0.25, 0.3) is 10.1 Å². The van der Waals surface area contributed by atoms with E-state index in [-0.39, 0.29) is 0 Å². The molecule has 0 bridgehead atoms. The molecule has 2 rings (SSSR count). The molecular weight excluding hydrogens is 242 g/mol. The van der Waals surface area contributed by atoms with Crippen molar-refractivity contribution in [3.63, 3.8) is 0 Å². The number of benzene rings is 1. The molecule has 2 N–H and O–H groups in total. The van der Waals surface area contributed by atoms with Crippen molar-refractivity contribution in [3.05, 3.63) is 34.7 Å². The number of hydrogen-bond acceptors (Lipinski definition) is 3. The molecule has 0 saturated heterocycles. The van der Waals surface area contributed by atoms with Gasteiger partial charge in [0.25, 0.3) is 0 Å². The second kappa shape index (κ2) is 6.88. The average molecular weight is 263 g/mol. The van der Waals surface area contributed by atoms with Gasteiger partial charge in [-0.3, -0.25) is 0 Å². The van der Waals surface area contributed by atoms with Gasteiger partial charge in [-0.15, -0.1) is 11.3 Å². The van der Waals surface area contributed by atoms with E-state index < -0.39 is 0 Å². The van der Waals surface area contributed by atoms with Crippen LogP contribution in [0.2, 0.25) is 0 Å². The Morgan fingerprint density at radius 1 is 1.22 bits per heavy atom. The van der Waals surface area contributed by atoms with Crippen LogP contribution in [-0.4, -0.2) is 6.61 Å². The van der Waals surface area contributed by atoms with E-state index >= 15 is 0 Å². The van der Waals surface area contributed by atoms with E-state index in [9.17, 15) is 0 Å². The van der Waals surface area contributed by atoms with Crippen LogP contribution >= 0.6 is 11.3 Å². The minimum absolute atomic E-state index is 0.604. The van der Waals surface area contributed by atoms with Crippen LogP contribution in [0.3, 0.4) is 0 Å². The standard InChI is InChI=1S/C15H21NOS/c1-2-3-6-9-17-11-13-12-7-4-5-8-14(12)18-15(13)10-16/h4-5,7-8H,2-3,6,9-11,16H2,1H3. The maximum Gasteiger partial charge on any atom is 0.0734 e. The fourth-order valence-electron chi connectivity index (χ4n) is 2.10. The van der Waals surface area contributed by atoms with E-state index in [2.05, 4.69) is 31.2 Å². The normalized spacial score (nSPS) is 11.2. The van der Waals surface area contributed by atoms with Crippen molar-refractivity contribution in [2.75, 3.05) is 6.61 Å². The molecule has 0 amide bonds. The van der Waals surface area contributed by atoms with Gasteiger partial charge in [-0.25, -0.2) is 0 Å². The molecule has 18 heavy (non-hydrogen) atoms. The molecule has 0 fully saturated rings. The van der Waals surface area contributed by atoms with Gasteiger partial charge in [0.2, 0.25) is 0 Å². The predicted octanol–water partition coefficient (Wildman–Crippen LogP) is 4.07. The Hall–Kier alpha value is -0.900. The van der Waals surface area contributed by atoms with Gasteiger partial charge in [-0.2, -0.15) is 0 Å². The van der Waals surface area contributed by atoms with Gasteiger partial charge in [0.1, 0.15) is 0 Å². The van der Waals surface area contributed by atoms with Crippen LogP contribution in [-0.2, 0) is 17.9 Å². The number of nitrogens with two attached hydrogens (primary N) is 1. The molecule has 2 aromatic rings. The number of fused-ring (bicyclic) bond motifs is 1. The molecule has 1 heterocycles. The summed E-state index contributed by atoms with van der Waals surface area (Å²) in [7, 11) is 0. The van der Waals surface area contributed by atoms with Gasteiger partial charge in [0.15, 0.2) is 0 Å². The molecule has 0 saturated carbocycles. The Labute approximate surface area is 113 Å². The quantitative estimate of drug-likeness (QED) is 0.764. The zero-order valence-electron chi connectivity index (χ0n) is 10.9. The van der Waals surface area contributed by atoms with E-state index in [4.69, 9.17) is 10.5 Å². The smallest absolute Gasteiger partial charge is 0.0734 e. The van der Waals surface area contributed by atoms with E-state index in [0.29, 0.717) is 13.2 Å². The summed E-state index contributed by atoms with van der Waals surface area (Å²) in [6, 6.07) is 8.47. The molecule has 0 aliphatic carbocycles. The molecule has 0 atom stereocenters. The van der Waals surface area contributed by atoms with Crippen LogP contribution in [0.1, 0.15) is 36.6 Å². The lowest BCUT2D eigenvalue weighted by Gasteiger charge is -2.05. The van der Waals surface area contributed by atoms with Gasteiger partial charge in [0.05, 0.1) is 6.61 Å². The van der Waals surface area contributed by atoms with Crippen LogP contribution in [0.15, 0.2) is 24.3 Å². The second-order valence-electron chi connectivity index (χ2n) is 4.46. The second-order valence-corrected chi connectivity index (χ2v) is 5.60. The van der Waals surface area contributed by atoms with Crippen molar-refractivity contribution in [1.82, 2.24) is 0 Å². The van der Waals surface area contributed by atoms with Crippen LogP contribution in [0.5, 0.6) is 0 Å². The monoisotopic (exact) mass is 263 g/mol. The fourth-order valence-corrected chi connectivity index (χ4v) is 3.19. The first-order chi connectivity index (χ1) is 8.86. The average Bonchev–Trinajstić information content (AvgIpc) is 2.77. The molecular formula is C15H21NOS. The molecule has 98 valence electrons. The summed E-state index contributed by atoms with van der Waals surface area (Å²) >= 11 is 1.79. The summed E-state index contributed by atoms with van der Waals surface area (Å²) in [5.41, 5.74) is 7.11. The van der Waals surface area contributed by atoms with Gasteiger partial charge in [0, 0.05) is 28.3 Å². The first-order valence-electron chi connectivity index (χ1n) is 6.64. The zero-order valence-corrected chi connectivity index (χ0v) is 11.8. The zero-order chi connectivity index (χ0) is 12.8. The molecule has 0 spiro atoms. The molecule has 0 aliphatic rings. The van der Waals surface area contributed by atoms with Gasteiger partial charge in [-0.1, -0.05) is 38.0 Å². The van der Waals surface area contributed by atoms with Gasteiger partial charge < -0.3 is 10.5 Å². The number of thiophene rings is 1. The van der Waals surface area contributed by atoms with Gasteiger partial charge >= 0.3 is 0 Å². The van der Waals surface area contributed by atoms with Crippen LogP contribution in [0, 0.1) is 0 Å². The molecule has 0 unspecified atom stereocenters. The molecule has 3 heteroatoms. The number of unbranched alkanes of at least 4 members (excludes halogenated alkanes) is 2. The molecule has 0 aliphatic heterocycles. The first-order valence-corrected chi connectivity index (χ1v) is 7.45. The molecule has 1 aromatic heterocycles. The first kappa shape index (κ1) is 13.5. The Morgan fingerprint density at radius 2 is 2.06 bits per heavy atom. The van der Waals surface area contributed by atoms with E-state index in [1.54, 1.807) is 11.3 Å². The Morgan fingerprint density at radius 3 is 2.83 bits per heavy atom. The minimum atomic E-state index is 0.604. The lowest BCUT2D eigenvalue weighted by molar-refractivity contribution is 0.117. The lowest BCUT2D eigenvalue weighted by Crippen LogP contribution is -2.01. The van der Waals surface area contributed by atoms with Crippen molar-refractivity contribution in [2.45, 2.75) is 39.3 Å². The van der Waals surface area contributed by atoms with E-state index in [1.807, 2.05) is 0 Å². The predicted molar refractivity (Wildman–Crippen MR) is 78.9 cm³/mol. The Balaban J connectivity index is 2.06. The summed E-state index contributed by atoms with van der Waals surface area (Å²) in [5.74, 6) is 0. The summed E-state index contributed by atoms with van der Waals surface area (Å²) < 4.78 is 7.09. The van der Waals surface area contributed by atoms with E-state index in [1.165, 1.54) is 33.4 Å². The van der Waals surface area contributed by atoms with Crippen molar-refractivity contribution in [3.8, 4) is 0 Å². The van der Waals surface area contributed by atoms with E-state index in [0.717, 1.165) is 13.0 Å². The molecule has 2 nitrogen and oxygen atoms in total. The van der Waals surface area contributed by atoms with Crippen molar-refractivity contribution in [1.29, 1.82) is 0 Å². The van der Waals surface area contributed by atoms with Crippen molar-refractivity contribution >= 4 is 21.4 Å². The van der Waals surface area contributed by atoms with Crippen molar-refractivity contribution in [2.24, 2.45) is 5.73 Å². The highest BCUT2D eigenvalue weighted by atomic mass is 32.1. The number of hydrogen-bond donors (Lipinski definition) is 1. The Bertz CT molecular complexity index is 492. The fraction of sp³-hybridized carbons (Fsp3) is 0.467. The highest BCUT2D eigenvalue weighted by Crippen LogP contribution is 2.31. The van der Waals surface area contributed by atoms with Crippen molar-refractivity contribution < 1.29 is 4.74 Å². The maximum atomic E-state index is 5.82. The third-order valence-corrected chi connectivity index (χ3v) is 4.34. The molecule has 0 radical (unpaired) electrons. The highest BCUT2D eigenvalue weighted by Gasteiger charge is 2.10. The largest absolute Gasteiger partial charge is 0.377 e. The number of ether oxygens (including phenoxy) is 1. The Kier molecular flexibility index (Phi) is 5.17. The third-order valence-electron chi connectivity index (χ3n) is 3.11. The highest BCUT2D eigenvalue weighted by molar-refractivity contribution is 7.19. The summed E-state index contributed by atoms with van der Waals surface area (Å²) in [6.45, 7) is 4.36. The summed E-state index contributed by atoms with van der Waals surface area (Å²) in [6.07, 6.45) is 3.63. The summed E-state index contributed by atoms with van der Waals surface area (Å²) in [4.78, 5) is 1.26. The lowest BCUT2D eigenvalue weighted by atomic mass is 10.1. The minimum Gasteiger partial charge on any atom is -0.377 e. The summed E-state index contributed by atoms with van der Waals surface area (Å²) in [5, 5.41) is 1.30. The molecule has 1 aromatic carbocycles. The SMILES string of the molecule is CCCCCOCc1c(CN)sc2ccccc12. The van der Waals surface area contributed by atoms with Crippen LogP contribution in [0.4, 0.5) is 0 Å². The van der Waals surface area contributed by atoms with Crippen LogP contribution < -0.4 is 5.73 Å².